The lowest BCUT2D eigenvalue weighted by molar-refractivity contribution is -0.126. The molecule has 2 atom stereocenters. The van der Waals surface area contributed by atoms with Crippen LogP contribution in [0.5, 0.6) is 0 Å². The molecule has 0 aromatic carbocycles. The summed E-state index contributed by atoms with van der Waals surface area (Å²) in [6.45, 7) is 3.05. The second-order valence-electron chi connectivity index (χ2n) is 3.19. The molecule has 2 amide bonds. The zero-order chi connectivity index (χ0) is 10.6. The molecule has 14 heavy (non-hydrogen) atoms. The summed E-state index contributed by atoms with van der Waals surface area (Å²) in [6.07, 6.45) is 3.84. The van der Waals surface area contributed by atoms with Crippen molar-refractivity contribution in [3.63, 3.8) is 0 Å². The molecule has 0 aromatic heterocycles. The van der Waals surface area contributed by atoms with Crippen LogP contribution in [0.2, 0.25) is 0 Å². The maximum Gasteiger partial charge on any atom is 0.246 e. The fourth-order valence-electron chi connectivity index (χ4n) is 1.32. The lowest BCUT2D eigenvalue weighted by Crippen LogP contribution is -2.39. The molecule has 0 saturated carbocycles. The molecule has 0 fully saturated rings. The van der Waals surface area contributed by atoms with Gasteiger partial charge in [0.05, 0.1) is 0 Å². The summed E-state index contributed by atoms with van der Waals surface area (Å²) >= 11 is 0. The fraction of sp³-hybridized carbons (Fsp3) is 0.556. The monoisotopic (exact) mass is 214 g/mol. The lowest BCUT2D eigenvalue weighted by atomic mass is 10.3. The van der Waals surface area contributed by atoms with Crippen LogP contribution in [0.1, 0.15) is 6.92 Å². The zero-order valence-corrected chi connectivity index (χ0v) is 9.35. The molecular formula is C9H15N2O2P. The van der Waals surface area contributed by atoms with Crippen LogP contribution in [0.3, 0.4) is 0 Å². The van der Waals surface area contributed by atoms with E-state index >= 15 is 0 Å². The molecule has 1 aliphatic heterocycles. The molecular weight excluding hydrogens is 199 g/mol. The van der Waals surface area contributed by atoms with Crippen molar-refractivity contribution in [3.8, 4) is 0 Å². The Labute approximate surface area is 85.9 Å². The van der Waals surface area contributed by atoms with Gasteiger partial charge in [0.2, 0.25) is 11.8 Å². The van der Waals surface area contributed by atoms with Crippen molar-refractivity contribution < 1.29 is 9.59 Å². The first kappa shape index (κ1) is 11.2. The standard InChI is InChI=1S/C9H15N2O2P/c1-7-2-3-9(13)11(7)5-4-10-8(12)6-14/h2-3,7H,4-6,14H2,1H3,(H,10,12). The highest BCUT2D eigenvalue weighted by Crippen LogP contribution is 2.08. The molecule has 4 nitrogen and oxygen atoms in total. The van der Waals surface area contributed by atoms with Crippen molar-refractivity contribution in [2.45, 2.75) is 13.0 Å². The molecule has 0 saturated heterocycles. The van der Waals surface area contributed by atoms with Crippen LogP contribution in [-0.4, -0.2) is 42.0 Å². The van der Waals surface area contributed by atoms with Crippen molar-refractivity contribution in [2.24, 2.45) is 0 Å². The number of carbonyl (C=O) groups excluding carboxylic acids is 2. The highest BCUT2D eigenvalue weighted by atomic mass is 31.0. The highest BCUT2D eigenvalue weighted by molar-refractivity contribution is 7.18. The average Bonchev–Trinajstić information content (AvgIpc) is 2.48. The molecule has 1 heterocycles. The molecule has 78 valence electrons. The van der Waals surface area contributed by atoms with Crippen molar-refractivity contribution in [1.82, 2.24) is 10.2 Å². The Bertz CT molecular complexity index is 266. The minimum atomic E-state index is -0.0118. The number of hydrogen-bond acceptors (Lipinski definition) is 2. The first-order valence-electron chi connectivity index (χ1n) is 4.60. The molecule has 0 spiro atoms. The van der Waals surface area contributed by atoms with Gasteiger partial charge < -0.3 is 10.2 Å². The smallest absolute Gasteiger partial charge is 0.246 e. The lowest BCUT2D eigenvalue weighted by Gasteiger charge is -2.21. The van der Waals surface area contributed by atoms with Gasteiger partial charge in [0.25, 0.3) is 0 Å². The first-order valence-corrected chi connectivity index (χ1v) is 5.42. The van der Waals surface area contributed by atoms with Crippen molar-refractivity contribution in [1.29, 1.82) is 0 Å². The second-order valence-corrected chi connectivity index (χ2v) is 3.59. The van der Waals surface area contributed by atoms with E-state index in [1.807, 2.05) is 13.0 Å². The Hall–Kier alpha value is -0.890. The van der Waals surface area contributed by atoms with Gasteiger partial charge in [-0.25, -0.2) is 0 Å². The van der Waals surface area contributed by atoms with Crippen molar-refractivity contribution >= 4 is 21.1 Å². The van der Waals surface area contributed by atoms with Crippen LogP contribution in [0, 0.1) is 0 Å². The Morgan fingerprint density at radius 3 is 2.93 bits per heavy atom. The van der Waals surface area contributed by atoms with Gasteiger partial charge >= 0.3 is 0 Å². The average molecular weight is 214 g/mol. The largest absolute Gasteiger partial charge is 0.354 e. The van der Waals surface area contributed by atoms with Crippen LogP contribution >= 0.6 is 9.24 Å². The summed E-state index contributed by atoms with van der Waals surface area (Å²) in [5, 5.41) is 2.72. The number of nitrogens with one attached hydrogen (secondary N) is 1. The van der Waals surface area contributed by atoms with Crippen LogP contribution in [-0.2, 0) is 9.59 Å². The summed E-state index contributed by atoms with van der Waals surface area (Å²) in [6, 6.07) is 0.149. The Balaban J connectivity index is 2.25. The normalized spacial score (nSPS) is 20.3. The van der Waals surface area contributed by atoms with Crippen molar-refractivity contribution in [2.75, 3.05) is 19.3 Å². The number of carbonyl (C=O) groups is 2. The van der Waals surface area contributed by atoms with Crippen LogP contribution < -0.4 is 5.32 Å². The summed E-state index contributed by atoms with van der Waals surface area (Å²) in [4.78, 5) is 23.9. The SMILES string of the molecule is CC1C=CC(=O)N1CCNC(=O)CP. The first-order chi connectivity index (χ1) is 6.65. The molecule has 0 bridgehead atoms. The third-order valence-electron chi connectivity index (χ3n) is 2.15. The van der Waals surface area contributed by atoms with E-state index in [1.165, 1.54) is 0 Å². The number of nitrogens with zero attached hydrogens (tertiary/aromatic N) is 1. The zero-order valence-electron chi connectivity index (χ0n) is 8.19. The fourth-order valence-corrected chi connectivity index (χ4v) is 1.47. The maximum atomic E-state index is 11.3. The van der Waals surface area contributed by atoms with E-state index in [-0.39, 0.29) is 17.9 Å². The van der Waals surface area contributed by atoms with Gasteiger partial charge in [-0.2, -0.15) is 0 Å². The van der Waals surface area contributed by atoms with E-state index in [4.69, 9.17) is 0 Å². The summed E-state index contributed by atoms with van der Waals surface area (Å²) in [7, 11) is 2.36. The van der Waals surface area contributed by atoms with E-state index < -0.39 is 0 Å². The van der Waals surface area contributed by atoms with Gasteiger partial charge in [-0.3, -0.25) is 9.59 Å². The van der Waals surface area contributed by atoms with Gasteiger partial charge in [-0.15, -0.1) is 9.24 Å². The molecule has 1 N–H and O–H groups in total. The van der Waals surface area contributed by atoms with Gasteiger partial charge in [0.15, 0.2) is 0 Å². The minimum absolute atomic E-state index is 0.0118. The number of hydrogen-bond donors (Lipinski definition) is 1. The van der Waals surface area contributed by atoms with E-state index in [1.54, 1.807) is 11.0 Å². The molecule has 2 unspecified atom stereocenters. The predicted molar refractivity (Wildman–Crippen MR) is 57.9 cm³/mol. The third kappa shape index (κ3) is 2.81. The van der Waals surface area contributed by atoms with Gasteiger partial charge in [0, 0.05) is 31.4 Å². The van der Waals surface area contributed by atoms with Crippen LogP contribution in [0.25, 0.3) is 0 Å². The highest BCUT2D eigenvalue weighted by Gasteiger charge is 2.20. The Morgan fingerprint density at radius 1 is 1.71 bits per heavy atom. The molecule has 0 radical (unpaired) electrons. The molecule has 0 aliphatic carbocycles. The Morgan fingerprint density at radius 2 is 2.43 bits per heavy atom. The topological polar surface area (TPSA) is 49.4 Å². The van der Waals surface area contributed by atoms with Crippen molar-refractivity contribution in [3.05, 3.63) is 12.2 Å². The van der Waals surface area contributed by atoms with Gasteiger partial charge in [-0.1, -0.05) is 6.08 Å². The minimum Gasteiger partial charge on any atom is -0.354 e. The van der Waals surface area contributed by atoms with Crippen LogP contribution in [0.4, 0.5) is 0 Å². The van der Waals surface area contributed by atoms with Gasteiger partial charge in [0.1, 0.15) is 0 Å². The van der Waals surface area contributed by atoms with Crippen LogP contribution in [0.15, 0.2) is 12.2 Å². The number of amides is 2. The van der Waals surface area contributed by atoms with Gasteiger partial charge in [-0.05, 0) is 6.92 Å². The van der Waals surface area contributed by atoms with E-state index in [0.717, 1.165) is 0 Å². The van der Waals surface area contributed by atoms with E-state index in [0.29, 0.717) is 19.3 Å². The molecule has 1 aliphatic rings. The summed E-state index contributed by atoms with van der Waals surface area (Å²) in [5.41, 5.74) is 0. The molecule has 1 rings (SSSR count). The quantitative estimate of drug-likeness (QED) is 0.657. The van der Waals surface area contributed by atoms with E-state index in [9.17, 15) is 9.59 Å². The van der Waals surface area contributed by atoms with E-state index in [2.05, 4.69) is 14.6 Å². The number of rotatable bonds is 4. The second kappa shape index (κ2) is 5.11. The molecule has 5 heteroatoms. The summed E-state index contributed by atoms with van der Waals surface area (Å²) in [5.74, 6) is 0.0138. The Kier molecular flexibility index (Phi) is 4.08. The third-order valence-corrected chi connectivity index (χ3v) is 2.52. The predicted octanol–water partition coefficient (Wildman–Crippen LogP) is -0.235. The molecule has 0 aromatic rings. The summed E-state index contributed by atoms with van der Waals surface area (Å²) < 4.78 is 0. The maximum absolute atomic E-state index is 11.3.